The van der Waals surface area contributed by atoms with Gasteiger partial charge in [-0.2, -0.15) is 0 Å². The number of carbonyl (C=O) groups excluding carboxylic acids is 1. The number of hydrogen-bond acceptors (Lipinski definition) is 3. The van der Waals surface area contributed by atoms with Crippen LogP contribution in [0.25, 0.3) is 0 Å². The summed E-state index contributed by atoms with van der Waals surface area (Å²) in [6, 6.07) is 7.61. The molecule has 3 N–H and O–H groups in total. The van der Waals surface area contributed by atoms with Crippen molar-refractivity contribution in [3.63, 3.8) is 0 Å². The van der Waals surface area contributed by atoms with Crippen LogP contribution in [0.15, 0.2) is 24.3 Å². The largest absolute Gasteiger partial charge is 0.391 e. The number of rotatable bonds is 2. The van der Waals surface area contributed by atoms with Gasteiger partial charge >= 0.3 is 0 Å². The third-order valence-corrected chi connectivity index (χ3v) is 3.68. The predicted octanol–water partition coefficient (Wildman–Crippen LogP) is 3.51. The summed E-state index contributed by atoms with van der Waals surface area (Å²) >= 11 is 1.30. The van der Waals surface area contributed by atoms with Crippen molar-refractivity contribution in [2.75, 3.05) is 11.1 Å². The number of anilines is 2. The minimum atomic E-state index is -0.105. The van der Waals surface area contributed by atoms with E-state index in [1.807, 2.05) is 20.8 Å². The molecule has 2 aromatic rings. The highest BCUT2D eigenvalue weighted by Gasteiger charge is 2.11. The molecule has 0 spiro atoms. The van der Waals surface area contributed by atoms with Gasteiger partial charge in [0, 0.05) is 5.69 Å². The van der Waals surface area contributed by atoms with Crippen molar-refractivity contribution in [1.29, 1.82) is 0 Å². The molecular formula is C14H16N2OS. The van der Waals surface area contributed by atoms with Gasteiger partial charge < -0.3 is 11.1 Å². The Bertz CT molecular complexity index is 579. The topological polar surface area (TPSA) is 55.1 Å². The van der Waals surface area contributed by atoms with E-state index in [0.29, 0.717) is 9.88 Å². The van der Waals surface area contributed by atoms with Crippen LogP contribution in [0, 0.1) is 20.8 Å². The molecular weight excluding hydrogens is 244 g/mol. The van der Waals surface area contributed by atoms with Crippen molar-refractivity contribution in [1.82, 2.24) is 0 Å². The molecule has 0 radical (unpaired) electrons. The fraction of sp³-hybridized carbons (Fsp3) is 0.214. The van der Waals surface area contributed by atoms with E-state index in [4.69, 9.17) is 5.73 Å². The first-order chi connectivity index (χ1) is 8.47. The van der Waals surface area contributed by atoms with Crippen molar-refractivity contribution < 1.29 is 4.79 Å². The van der Waals surface area contributed by atoms with Gasteiger partial charge in [0.1, 0.15) is 0 Å². The van der Waals surface area contributed by atoms with Crippen LogP contribution in [0.2, 0.25) is 0 Å². The molecule has 0 saturated heterocycles. The average Bonchev–Trinajstić information content (AvgIpc) is 2.70. The van der Waals surface area contributed by atoms with Gasteiger partial charge in [0.25, 0.3) is 5.91 Å². The molecule has 0 atom stereocenters. The second kappa shape index (κ2) is 4.82. The Morgan fingerprint density at radius 1 is 1.17 bits per heavy atom. The first kappa shape index (κ1) is 12.6. The highest BCUT2D eigenvalue weighted by molar-refractivity contribution is 7.17. The second-order valence-electron chi connectivity index (χ2n) is 4.43. The Morgan fingerprint density at radius 3 is 2.28 bits per heavy atom. The Labute approximate surface area is 111 Å². The Balaban J connectivity index is 2.27. The summed E-state index contributed by atoms with van der Waals surface area (Å²) in [7, 11) is 0. The van der Waals surface area contributed by atoms with Gasteiger partial charge in [0.05, 0.1) is 9.88 Å². The van der Waals surface area contributed by atoms with E-state index < -0.39 is 0 Å². The quantitative estimate of drug-likeness (QED) is 0.868. The van der Waals surface area contributed by atoms with E-state index >= 15 is 0 Å². The Kier molecular flexibility index (Phi) is 3.39. The number of amides is 1. The molecule has 18 heavy (non-hydrogen) atoms. The zero-order chi connectivity index (χ0) is 13.3. The van der Waals surface area contributed by atoms with Crippen LogP contribution >= 0.6 is 11.3 Å². The predicted molar refractivity (Wildman–Crippen MR) is 77.3 cm³/mol. The molecule has 1 heterocycles. The minimum absolute atomic E-state index is 0.105. The van der Waals surface area contributed by atoms with Gasteiger partial charge in [-0.15, -0.1) is 11.3 Å². The van der Waals surface area contributed by atoms with Gasteiger partial charge in [0.15, 0.2) is 0 Å². The number of nitrogens with two attached hydrogens (primary N) is 1. The summed E-state index contributed by atoms with van der Waals surface area (Å²) in [6.07, 6.45) is 0. The molecule has 1 aromatic carbocycles. The van der Waals surface area contributed by atoms with Crippen LogP contribution < -0.4 is 11.1 Å². The number of hydrogen-bond donors (Lipinski definition) is 2. The number of thiophene rings is 1. The molecule has 1 aromatic heterocycles. The van der Waals surface area contributed by atoms with Crippen molar-refractivity contribution in [2.24, 2.45) is 0 Å². The SMILES string of the molecule is Cc1cc(C)c(NC(=O)c2ccc(N)s2)c(C)c1. The normalized spacial score (nSPS) is 10.4. The second-order valence-corrected chi connectivity index (χ2v) is 5.55. The summed E-state index contributed by atoms with van der Waals surface area (Å²) in [5.41, 5.74) is 9.86. The molecule has 0 fully saturated rings. The van der Waals surface area contributed by atoms with Crippen molar-refractivity contribution >= 4 is 27.9 Å². The minimum Gasteiger partial charge on any atom is -0.391 e. The van der Waals surface area contributed by atoms with Crippen LogP contribution in [0.5, 0.6) is 0 Å². The number of nitrogens with one attached hydrogen (secondary N) is 1. The lowest BCUT2D eigenvalue weighted by Crippen LogP contribution is -2.12. The van der Waals surface area contributed by atoms with E-state index in [9.17, 15) is 4.79 Å². The lowest BCUT2D eigenvalue weighted by atomic mass is 10.1. The van der Waals surface area contributed by atoms with Gasteiger partial charge in [0.2, 0.25) is 0 Å². The molecule has 0 bridgehead atoms. The standard InChI is InChI=1S/C14H16N2OS/c1-8-6-9(2)13(10(3)7-8)16-14(17)11-4-5-12(15)18-11/h4-7H,15H2,1-3H3,(H,16,17). The van der Waals surface area contributed by atoms with Gasteiger partial charge in [-0.05, 0) is 44.0 Å². The molecule has 0 aliphatic heterocycles. The number of nitrogen functional groups attached to an aromatic ring is 1. The van der Waals surface area contributed by atoms with Gasteiger partial charge in [-0.3, -0.25) is 4.79 Å². The van der Waals surface area contributed by atoms with Gasteiger partial charge in [-0.25, -0.2) is 0 Å². The molecule has 0 aliphatic rings. The zero-order valence-electron chi connectivity index (χ0n) is 10.7. The Hall–Kier alpha value is -1.81. The third kappa shape index (κ3) is 2.54. The molecule has 2 rings (SSSR count). The lowest BCUT2D eigenvalue weighted by Gasteiger charge is -2.12. The van der Waals surface area contributed by atoms with Crippen LogP contribution in [-0.2, 0) is 0 Å². The van der Waals surface area contributed by atoms with Crippen LogP contribution in [0.4, 0.5) is 10.7 Å². The maximum absolute atomic E-state index is 12.1. The maximum Gasteiger partial charge on any atom is 0.265 e. The summed E-state index contributed by atoms with van der Waals surface area (Å²) in [5, 5.41) is 3.60. The molecule has 94 valence electrons. The van der Waals surface area contributed by atoms with Crippen LogP contribution in [-0.4, -0.2) is 5.91 Å². The van der Waals surface area contributed by atoms with Crippen molar-refractivity contribution in [3.05, 3.63) is 45.8 Å². The van der Waals surface area contributed by atoms with E-state index in [0.717, 1.165) is 16.8 Å². The van der Waals surface area contributed by atoms with E-state index in [1.54, 1.807) is 12.1 Å². The molecule has 0 unspecified atom stereocenters. The molecule has 0 aliphatic carbocycles. The molecule has 1 amide bonds. The summed E-state index contributed by atoms with van der Waals surface area (Å²) in [5.74, 6) is -0.105. The highest BCUT2D eigenvalue weighted by Crippen LogP contribution is 2.24. The van der Waals surface area contributed by atoms with Crippen LogP contribution in [0.1, 0.15) is 26.4 Å². The van der Waals surface area contributed by atoms with E-state index in [2.05, 4.69) is 17.4 Å². The Morgan fingerprint density at radius 2 is 1.78 bits per heavy atom. The average molecular weight is 260 g/mol. The van der Waals surface area contributed by atoms with Crippen LogP contribution in [0.3, 0.4) is 0 Å². The van der Waals surface area contributed by atoms with E-state index in [1.165, 1.54) is 16.9 Å². The first-order valence-electron chi connectivity index (χ1n) is 5.72. The summed E-state index contributed by atoms with van der Waals surface area (Å²) in [6.45, 7) is 6.04. The lowest BCUT2D eigenvalue weighted by molar-refractivity contribution is 0.103. The summed E-state index contributed by atoms with van der Waals surface area (Å²) in [4.78, 5) is 12.7. The smallest absolute Gasteiger partial charge is 0.265 e. The summed E-state index contributed by atoms with van der Waals surface area (Å²) < 4.78 is 0. The maximum atomic E-state index is 12.1. The third-order valence-electron chi connectivity index (χ3n) is 2.77. The number of aryl methyl sites for hydroxylation is 3. The fourth-order valence-corrected chi connectivity index (χ4v) is 2.70. The first-order valence-corrected chi connectivity index (χ1v) is 6.53. The number of carbonyl (C=O) groups is 1. The zero-order valence-corrected chi connectivity index (χ0v) is 11.5. The molecule has 0 saturated carbocycles. The monoisotopic (exact) mass is 260 g/mol. The highest BCUT2D eigenvalue weighted by atomic mass is 32.1. The van der Waals surface area contributed by atoms with Gasteiger partial charge in [-0.1, -0.05) is 17.7 Å². The molecule has 3 nitrogen and oxygen atoms in total. The fourth-order valence-electron chi connectivity index (χ4n) is 2.03. The van der Waals surface area contributed by atoms with Crippen molar-refractivity contribution in [3.8, 4) is 0 Å². The van der Waals surface area contributed by atoms with E-state index in [-0.39, 0.29) is 5.91 Å². The number of benzene rings is 1. The molecule has 4 heteroatoms. The van der Waals surface area contributed by atoms with Crippen molar-refractivity contribution in [2.45, 2.75) is 20.8 Å².